The van der Waals surface area contributed by atoms with Gasteiger partial charge in [0, 0.05) is 17.4 Å². The second kappa shape index (κ2) is 7.58. The van der Waals surface area contributed by atoms with Crippen LogP contribution in [-0.2, 0) is 10.3 Å². The third kappa shape index (κ3) is 4.01. The highest BCUT2D eigenvalue weighted by atomic mass is 79.9. The number of hydrogen-bond acceptors (Lipinski definition) is 6. The van der Waals surface area contributed by atoms with E-state index >= 15 is 0 Å². The first-order valence-corrected chi connectivity index (χ1v) is 9.31. The summed E-state index contributed by atoms with van der Waals surface area (Å²) < 4.78 is 59.8. The van der Waals surface area contributed by atoms with Crippen LogP contribution in [0.2, 0.25) is 0 Å². The number of aromatic nitrogens is 2. The van der Waals surface area contributed by atoms with Crippen molar-refractivity contribution in [2.75, 3.05) is 11.9 Å². The number of ether oxygens (including phenoxy) is 1. The molecule has 1 aromatic heterocycles. The number of carbonyl (C=O) groups is 1. The van der Waals surface area contributed by atoms with Gasteiger partial charge in [0.05, 0.1) is 6.61 Å². The minimum Gasteiger partial charge on any atom is -0.385 e. The van der Waals surface area contributed by atoms with Crippen molar-refractivity contribution < 1.29 is 27.1 Å². The van der Waals surface area contributed by atoms with Crippen molar-refractivity contribution in [3.8, 4) is 0 Å². The zero-order valence-corrected chi connectivity index (χ0v) is 17.3. The van der Waals surface area contributed by atoms with Crippen molar-refractivity contribution in [3.63, 3.8) is 0 Å². The Morgan fingerprint density at radius 3 is 2.60 bits per heavy atom. The third-order valence-electron chi connectivity index (χ3n) is 4.67. The maximum atomic E-state index is 14.5. The van der Waals surface area contributed by atoms with Crippen molar-refractivity contribution in [2.24, 2.45) is 10.7 Å². The van der Waals surface area contributed by atoms with Crippen LogP contribution >= 0.6 is 15.9 Å². The summed E-state index contributed by atoms with van der Waals surface area (Å²) in [4.78, 5) is 24.0. The number of halogens is 5. The van der Waals surface area contributed by atoms with Gasteiger partial charge in [-0.3, -0.25) is 9.79 Å². The van der Waals surface area contributed by atoms with Gasteiger partial charge < -0.3 is 15.8 Å². The molecule has 0 saturated carbocycles. The molecule has 0 aliphatic carbocycles. The molecule has 30 heavy (non-hydrogen) atoms. The van der Waals surface area contributed by atoms with Gasteiger partial charge in [-0.1, -0.05) is 0 Å². The zero-order valence-electron chi connectivity index (χ0n) is 15.7. The molecule has 2 heterocycles. The minimum absolute atomic E-state index is 0.0948. The lowest BCUT2D eigenvalue weighted by Crippen LogP contribution is -2.60. The number of benzene rings is 1. The van der Waals surface area contributed by atoms with Crippen molar-refractivity contribution >= 4 is 33.4 Å². The van der Waals surface area contributed by atoms with Gasteiger partial charge in [0.1, 0.15) is 21.8 Å². The van der Waals surface area contributed by atoms with E-state index in [1.807, 2.05) is 0 Å². The molecule has 0 bridgehead atoms. The quantitative estimate of drug-likeness (QED) is 0.506. The Kier molecular flexibility index (Phi) is 5.58. The molecule has 0 unspecified atom stereocenters. The van der Waals surface area contributed by atoms with E-state index in [0.717, 1.165) is 13.0 Å². The van der Waals surface area contributed by atoms with E-state index in [0.29, 0.717) is 4.60 Å². The van der Waals surface area contributed by atoms with Gasteiger partial charge in [-0.05, 0) is 54.0 Å². The fourth-order valence-electron chi connectivity index (χ4n) is 2.78. The molecule has 2 aromatic rings. The number of carbonyl (C=O) groups excluding carboxylic acids is 1. The Morgan fingerprint density at radius 1 is 1.30 bits per heavy atom. The molecule has 1 aliphatic rings. The van der Waals surface area contributed by atoms with Gasteiger partial charge in [-0.2, -0.15) is 13.2 Å². The molecule has 0 spiro atoms. The highest BCUT2D eigenvalue weighted by Gasteiger charge is 2.59. The van der Waals surface area contributed by atoms with Gasteiger partial charge in [0.2, 0.25) is 11.4 Å². The average molecular weight is 490 g/mol. The van der Waals surface area contributed by atoms with Gasteiger partial charge in [0.15, 0.2) is 0 Å². The number of aliphatic imine (C=N–C) groups is 1. The number of anilines is 1. The standard InChI is InChI=1S/C18H16BrF4N5O2/c1-16(8-30-17(2,15(24)28-16)18(21,22)23)10-7-9(3-4-11(10)20)26-14(29)13-25-6-5-12(19)27-13/h3-7H,8H2,1-2H3,(H2,24,28)(H,26,29)/t16-,17+/m0/s1. The molecule has 160 valence electrons. The Labute approximate surface area is 176 Å². The van der Waals surface area contributed by atoms with Crippen LogP contribution in [0.25, 0.3) is 0 Å². The van der Waals surface area contributed by atoms with Gasteiger partial charge in [-0.15, -0.1) is 0 Å². The Balaban J connectivity index is 1.93. The van der Waals surface area contributed by atoms with Crippen molar-refractivity contribution in [3.05, 3.63) is 52.3 Å². The first-order valence-electron chi connectivity index (χ1n) is 8.52. The highest BCUT2D eigenvalue weighted by Crippen LogP contribution is 2.41. The number of amides is 1. The minimum atomic E-state index is -4.79. The van der Waals surface area contributed by atoms with Gasteiger partial charge in [-0.25, -0.2) is 14.4 Å². The Bertz CT molecular complexity index is 1030. The van der Waals surface area contributed by atoms with Crippen LogP contribution < -0.4 is 11.1 Å². The smallest absolute Gasteiger partial charge is 0.385 e. The van der Waals surface area contributed by atoms with Crippen molar-refractivity contribution in [1.29, 1.82) is 0 Å². The summed E-state index contributed by atoms with van der Waals surface area (Å²) in [5.74, 6) is -2.36. The maximum absolute atomic E-state index is 14.5. The number of hydrogen-bond donors (Lipinski definition) is 2. The van der Waals surface area contributed by atoms with Crippen LogP contribution in [0.1, 0.15) is 30.0 Å². The zero-order chi connectivity index (χ0) is 22.3. The normalized spacial score (nSPS) is 24.3. The maximum Gasteiger partial charge on any atom is 0.424 e. The van der Waals surface area contributed by atoms with Gasteiger partial charge >= 0.3 is 6.18 Å². The van der Waals surface area contributed by atoms with Crippen LogP contribution in [0.3, 0.4) is 0 Å². The summed E-state index contributed by atoms with van der Waals surface area (Å²) in [6.45, 7) is 1.57. The summed E-state index contributed by atoms with van der Waals surface area (Å²) in [6.07, 6.45) is -3.42. The number of nitrogens with two attached hydrogens (primary N) is 1. The molecule has 1 aromatic carbocycles. The van der Waals surface area contributed by atoms with E-state index in [-0.39, 0.29) is 17.1 Å². The first kappa shape index (κ1) is 22.1. The summed E-state index contributed by atoms with van der Waals surface area (Å²) in [6, 6.07) is 5.13. The number of nitrogens with zero attached hydrogens (tertiary/aromatic N) is 3. The van der Waals surface area contributed by atoms with Crippen LogP contribution in [0, 0.1) is 5.82 Å². The third-order valence-corrected chi connectivity index (χ3v) is 5.11. The summed E-state index contributed by atoms with van der Waals surface area (Å²) in [5.41, 5.74) is 1.33. The Morgan fingerprint density at radius 2 is 2.00 bits per heavy atom. The molecule has 3 rings (SSSR count). The second-order valence-electron chi connectivity index (χ2n) is 6.94. The molecular weight excluding hydrogens is 474 g/mol. The monoisotopic (exact) mass is 489 g/mol. The van der Waals surface area contributed by atoms with Crippen LogP contribution in [0.4, 0.5) is 23.2 Å². The van der Waals surface area contributed by atoms with Crippen LogP contribution in [0.5, 0.6) is 0 Å². The Hall–Kier alpha value is -2.60. The van der Waals surface area contributed by atoms with Crippen molar-refractivity contribution in [1.82, 2.24) is 9.97 Å². The molecule has 1 aliphatic heterocycles. The van der Waals surface area contributed by atoms with E-state index in [4.69, 9.17) is 10.5 Å². The van der Waals surface area contributed by atoms with Crippen molar-refractivity contribution in [2.45, 2.75) is 31.2 Å². The average Bonchev–Trinajstić information content (AvgIpc) is 2.65. The first-order chi connectivity index (χ1) is 13.9. The van der Waals surface area contributed by atoms with Gasteiger partial charge in [0.25, 0.3) is 5.91 Å². The molecule has 0 radical (unpaired) electrons. The SMILES string of the molecule is C[C@@]1(c2cc(NC(=O)c3nccc(Br)n3)ccc2F)CO[C@@](C)(C(F)(F)F)C(N)=N1. The van der Waals surface area contributed by atoms with E-state index in [1.54, 1.807) is 0 Å². The molecule has 7 nitrogen and oxygen atoms in total. The predicted octanol–water partition coefficient (Wildman–Crippen LogP) is 3.55. The summed E-state index contributed by atoms with van der Waals surface area (Å²) in [7, 11) is 0. The molecule has 12 heteroatoms. The molecular formula is C18H16BrF4N5O2. The molecule has 1 amide bonds. The lowest BCUT2D eigenvalue weighted by atomic mass is 9.89. The predicted molar refractivity (Wildman–Crippen MR) is 103 cm³/mol. The second-order valence-corrected chi connectivity index (χ2v) is 7.75. The largest absolute Gasteiger partial charge is 0.424 e. The highest BCUT2D eigenvalue weighted by molar-refractivity contribution is 9.10. The molecule has 2 atom stereocenters. The van der Waals surface area contributed by atoms with Crippen LogP contribution in [-0.4, -0.2) is 40.1 Å². The molecule has 3 N–H and O–H groups in total. The van der Waals surface area contributed by atoms with E-state index in [1.165, 1.54) is 31.3 Å². The summed E-state index contributed by atoms with van der Waals surface area (Å²) >= 11 is 3.12. The molecule has 0 saturated heterocycles. The van der Waals surface area contributed by atoms with E-state index in [9.17, 15) is 22.4 Å². The van der Waals surface area contributed by atoms with E-state index in [2.05, 4.69) is 36.2 Å². The number of rotatable bonds is 3. The fraction of sp³-hybridized carbons (Fsp3) is 0.333. The fourth-order valence-corrected chi connectivity index (χ4v) is 3.06. The summed E-state index contributed by atoms with van der Waals surface area (Å²) in [5, 5.41) is 2.51. The lowest BCUT2D eigenvalue weighted by Gasteiger charge is -2.41. The number of alkyl halides is 3. The van der Waals surface area contributed by atoms with Crippen LogP contribution in [0.15, 0.2) is 40.1 Å². The number of nitrogens with one attached hydrogen (secondary N) is 1. The lowest BCUT2D eigenvalue weighted by molar-refractivity contribution is -0.249. The number of amidine groups is 1. The topological polar surface area (TPSA) is 102 Å². The molecule has 0 fully saturated rings. The van der Waals surface area contributed by atoms with E-state index < -0.39 is 41.5 Å².